The van der Waals surface area contributed by atoms with Gasteiger partial charge in [-0.2, -0.15) is 0 Å². The Morgan fingerprint density at radius 3 is 2.64 bits per heavy atom. The van der Waals surface area contributed by atoms with Gasteiger partial charge in [0.05, 0.1) is 0 Å². The van der Waals surface area contributed by atoms with E-state index in [0.29, 0.717) is 12.0 Å². The summed E-state index contributed by atoms with van der Waals surface area (Å²) in [4.78, 5) is 0. The quantitative estimate of drug-likeness (QED) is 0.475. The smallest absolute Gasteiger partial charge is 0.00866 e. The molecule has 0 aromatic carbocycles. The van der Waals surface area contributed by atoms with Crippen molar-refractivity contribution < 1.29 is 0 Å². The first-order valence-electron chi connectivity index (χ1n) is 4.41. The van der Waals surface area contributed by atoms with Gasteiger partial charge in [-0.25, -0.2) is 0 Å². The van der Waals surface area contributed by atoms with Gasteiger partial charge in [-0.1, -0.05) is 20.3 Å². The first-order valence-corrected chi connectivity index (χ1v) is 4.41. The highest BCUT2D eigenvalue weighted by atomic mass is 14.6. The second-order valence-corrected chi connectivity index (χ2v) is 3.15. The standard InChI is InChI=1S/C10H19N/c1-4-6-7-8-10(11)9(3)5-2/h1,9-10H,5-8,11H2,2-3H3. The van der Waals surface area contributed by atoms with Crippen molar-refractivity contribution in [3.8, 4) is 12.3 Å². The summed E-state index contributed by atoms with van der Waals surface area (Å²) in [5.74, 6) is 3.26. The lowest BCUT2D eigenvalue weighted by Crippen LogP contribution is -2.27. The summed E-state index contributed by atoms with van der Waals surface area (Å²) < 4.78 is 0. The molecule has 0 aromatic heterocycles. The Balaban J connectivity index is 3.37. The van der Waals surface area contributed by atoms with Crippen molar-refractivity contribution >= 4 is 0 Å². The zero-order chi connectivity index (χ0) is 8.69. The lowest BCUT2D eigenvalue weighted by molar-refractivity contribution is 0.413. The zero-order valence-corrected chi connectivity index (χ0v) is 7.64. The molecule has 0 spiro atoms. The molecule has 2 atom stereocenters. The van der Waals surface area contributed by atoms with Gasteiger partial charge in [-0.15, -0.1) is 12.3 Å². The summed E-state index contributed by atoms with van der Waals surface area (Å²) in [5, 5.41) is 0. The van der Waals surface area contributed by atoms with E-state index in [9.17, 15) is 0 Å². The molecule has 11 heavy (non-hydrogen) atoms. The molecule has 0 bridgehead atoms. The van der Waals surface area contributed by atoms with Crippen LogP contribution >= 0.6 is 0 Å². The van der Waals surface area contributed by atoms with Gasteiger partial charge < -0.3 is 5.73 Å². The molecule has 0 saturated carbocycles. The van der Waals surface area contributed by atoms with Crippen molar-refractivity contribution in [2.75, 3.05) is 0 Å². The average Bonchev–Trinajstić information content (AvgIpc) is 2.03. The van der Waals surface area contributed by atoms with Crippen molar-refractivity contribution in [2.45, 2.75) is 45.6 Å². The highest BCUT2D eigenvalue weighted by Gasteiger charge is 2.08. The third kappa shape index (κ3) is 4.86. The molecule has 64 valence electrons. The van der Waals surface area contributed by atoms with Crippen LogP contribution in [0.1, 0.15) is 39.5 Å². The second-order valence-electron chi connectivity index (χ2n) is 3.15. The zero-order valence-electron chi connectivity index (χ0n) is 7.64. The van der Waals surface area contributed by atoms with Crippen molar-refractivity contribution in [1.82, 2.24) is 0 Å². The van der Waals surface area contributed by atoms with Gasteiger partial charge >= 0.3 is 0 Å². The summed E-state index contributed by atoms with van der Waals surface area (Å²) in [5.41, 5.74) is 5.90. The lowest BCUT2D eigenvalue weighted by Gasteiger charge is -2.17. The minimum absolute atomic E-state index is 0.341. The van der Waals surface area contributed by atoms with E-state index in [1.54, 1.807) is 0 Å². The van der Waals surface area contributed by atoms with Crippen molar-refractivity contribution in [2.24, 2.45) is 11.7 Å². The maximum Gasteiger partial charge on any atom is 0.00866 e. The van der Waals surface area contributed by atoms with Crippen molar-refractivity contribution in [3.05, 3.63) is 0 Å². The molecule has 0 heterocycles. The van der Waals surface area contributed by atoms with Crippen LogP contribution in [0.2, 0.25) is 0 Å². The lowest BCUT2D eigenvalue weighted by atomic mass is 9.95. The van der Waals surface area contributed by atoms with E-state index in [1.807, 2.05) is 0 Å². The summed E-state index contributed by atoms with van der Waals surface area (Å²) in [7, 11) is 0. The van der Waals surface area contributed by atoms with Crippen LogP contribution in [0.5, 0.6) is 0 Å². The molecule has 2 unspecified atom stereocenters. The first-order chi connectivity index (χ1) is 5.22. The van der Waals surface area contributed by atoms with Crippen LogP contribution in [0.25, 0.3) is 0 Å². The summed E-state index contributed by atoms with van der Waals surface area (Å²) >= 11 is 0. The van der Waals surface area contributed by atoms with Gasteiger partial charge in [-0.05, 0) is 18.8 Å². The van der Waals surface area contributed by atoms with Crippen LogP contribution in [0, 0.1) is 18.3 Å². The van der Waals surface area contributed by atoms with Crippen LogP contribution in [0.15, 0.2) is 0 Å². The third-order valence-electron chi connectivity index (χ3n) is 2.23. The Labute approximate surface area is 70.4 Å². The molecule has 2 N–H and O–H groups in total. The monoisotopic (exact) mass is 153 g/mol. The maximum absolute atomic E-state index is 5.90. The Bertz CT molecular complexity index is 123. The molecule has 0 aliphatic carbocycles. The Morgan fingerprint density at radius 2 is 2.18 bits per heavy atom. The fourth-order valence-corrected chi connectivity index (χ4v) is 1.03. The SMILES string of the molecule is C#CCCCC(N)C(C)CC. The first kappa shape index (κ1) is 10.5. The molecule has 0 rings (SSSR count). The number of rotatable bonds is 5. The van der Waals surface area contributed by atoms with E-state index in [1.165, 1.54) is 0 Å². The summed E-state index contributed by atoms with van der Waals surface area (Å²) in [6.07, 6.45) is 9.30. The fourth-order valence-electron chi connectivity index (χ4n) is 1.03. The average molecular weight is 153 g/mol. The van der Waals surface area contributed by atoms with Gasteiger partial charge in [0.2, 0.25) is 0 Å². The highest BCUT2D eigenvalue weighted by molar-refractivity contribution is 4.83. The molecule has 1 nitrogen and oxygen atoms in total. The fraction of sp³-hybridized carbons (Fsp3) is 0.800. The Morgan fingerprint density at radius 1 is 1.55 bits per heavy atom. The van der Waals surface area contributed by atoms with Gasteiger partial charge in [-0.3, -0.25) is 0 Å². The van der Waals surface area contributed by atoms with Crippen molar-refractivity contribution in [1.29, 1.82) is 0 Å². The molecule has 0 fully saturated rings. The van der Waals surface area contributed by atoms with E-state index in [-0.39, 0.29) is 0 Å². The summed E-state index contributed by atoms with van der Waals surface area (Å²) in [6, 6.07) is 0.341. The number of terminal acetylenes is 1. The minimum atomic E-state index is 0.341. The van der Waals surface area contributed by atoms with Gasteiger partial charge in [0.15, 0.2) is 0 Å². The minimum Gasteiger partial charge on any atom is -0.327 e. The van der Waals surface area contributed by atoms with Crippen LogP contribution in [0.3, 0.4) is 0 Å². The van der Waals surface area contributed by atoms with E-state index in [0.717, 1.165) is 25.7 Å². The van der Waals surface area contributed by atoms with Crippen LogP contribution in [0.4, 0.5) is 0 Å². The Hall–Kier alpha value is -0.480. The van der Waals surface area contributed by atoms with Crippen LogP contribution < -0.4 is 5.73 Å². The number of unbranched alkanes of at least 4 members (excludes halogenated alkanes) is 1. The molecular formula is C10H19N. The number of hydrogen-bond donors (Lipinski definition) is 1. The van der Waals surface area contributed by atoms with Crippen LogP contribution in [-0.4, -0.2) is 6.04 Å². The predicted molar refractivity (Wildman–Crippen MR) is 50.1 cm³/mol. The van der Waals surface area contributed by atoms with Crippen LogP contribution in [-0.2, 0) is 0 Å². The Kier molecular flexibility index (Phi) is 5.97. The topological polar surface area (TPSA) is 26.0 Å². The van der Waals surface area contributed by atoms with Gasteiger partial charge in [0.25, 0.3) is 0 Å². The highest BCUT2D eigenvalue weighted by Crippen LogP contribution is 2.10. The van der Waals surface area contributed by atoms with E-state index in [4.69, 9.17) is 12.2 Å². The van der Waals surface area contributed by atoms with E-state index >= 15 is 0 Å². The maximum atomic E-state index is 5.90. The van der Waals surface area contributed by atoms with Crippen molar-refractivity contribution in [3.63, 3.8) is 0 Å². The molecule has 0 aromatic rings. The molecule has 0 aliphatic heterocycles. The van der Waals surface area contributed by atoms with Gasteiger partial charge in [0.1, 0.15) is 0 Å². The molecule has 0 aliphatic rings. The largest absolute Gasteiger partial charge is 0.327 e. The molecule has 0 amide bonds. The predicted octanol–water partition coefficient (Wildman–Crippen LogP) is 2.16. The molecule has 0 radical (unpaired) electrons. The van der Waals surface area contributed by atoms with E-state index < -0.39 is 0 Å². The summed E-state index contributed by atoms with van der Waals surface area (Å²) in [6.45, 7) is 4.37. The molecule has 1 heteroatoms. The normalized spacial score (nSPS) is 15.5. The van der Waals surface area contributed by atoms with E-state index in [2.05, 4.69) is 19.8 Å². The molecular weight excluding hydrogens is 134 g/mol. The third-order valence-corrected chi connectivity index (χ3v) is 2.23. The second kappa shape index (κ2) is 6.24. The van der Waals surface area contributed by atoms with Gasteiger partial charge in [0, 0.05) is 12.5 Å². The number of hydrogen-bond acceptors (Lipinski definition) is 1. The molecule has 0 saturated heterocycles. The number of nitrogens with two attached hydrogens (primary N) is 1.